The first-order chi connectivity index (χ1) is 18.0. The van der Waals surface area contributed by atoms with Crippen molar-refractivity contribution >= 4 is 42.8 Å². The van der Waals surface area contributed by atoms with Gasteiger partial charge in [0.2, 0.25) is 20.0 Å². The number of sulfonamides is 2. The molecule has 0 aromatic heterocycles. The van der Waals surface area contributed by atoms with Crippen molar-refractivity contribution in [1.82, 2.24) is 0 Å². The number of rotatable bonds is 8. The number of fused-ring (bicyclic) bond motifs is 2. The number of anilines is 4. The molecule has 0 bridgehead atoms. The Hall–Kier alpha value is -4.22. The molecule has 0 amide bonds. The molecule has 0 aliphatic carbocycles. The van der Waals surface area contributed by atoms with Gasteiger partial charge in [0.15, 0.2) is 0 Å². The molecular formula is C27H26N4O5S2. The van der Waals surface area contributed by atoms with Gasteiger partial charge >= 0.3 is 0 Å². The predicted octanol–water partition coefficient (Wildman–Crippen LogP) is 4.43. The molecule has 0 saturated carbocycles. The number of nitrogens with one attached hydrogen (secondary N) is 2. The normalized spacial score (nSPS) is 12.6. The maximum absolute atomic E-state index is 12.7. The number of nitrogens with two attached hydrogens (primary N) is 2. The van der Waals surface area contributed by atoms with Crippen molar-refractivity contribution in [3.8, 4) is 11.5 Å². The third kappa shape index (κ3) is 6.18. The first kappa shape index (κ1) is 25.4. The molecule has 196 valence electrons. The number of nitrogen functional groups attached to an aromatic ring is 2. The van der Waals surface area contributed by atoms with Crippen molar-refractivity contribution in [3.63, 3.8) is 0 Å². The molecule has 1 heterocycles. The molecule has 0 spiro atoms. The Morgan fingerprint density at radius 3 is 1.39 bits per heavy atom. The largest absolute Gasteiger partial charge is 0.457 e. The van der Waals surface area contributed by atoms with Gasteiger partial charge in [0.05, 0.1) is 11.5 Å². The molecule has 0 unspecified atom stereocenters. The summed E-state index contributed by atoms with van der Waals surface area (Å²) in [6.07, 6.45) is 0.581. The Balaban J connectivity index is 1.29. The lowest BCUT2D eigenvalue weighted by atomic mass is 9.98. The van der Waals surface area contributed by atoms with Crippen LogP contribution in [0.25, 0.3) is 0 Å². The van der Waals surface area contributed by atoms with E-state index in [0.29, 0.717) is 51.8 Å². The summed E-state index contributed by atoms with van der Waals surface area (Å²) < 4.78 is 62.0. The molecule has 11 heteroatoms. The zero-order valence-electron chi connectivity index (χ0n) is 20.2. The molecule has 4 aromatic rings. The van der Waals surface area contributed by atoms with Crippen LogP contribution >= 0.6 is 0 Å². The summed E-state index contributed by atoms with van der Waals surface area (Å²) in [4.78, 5) is 0. The number of hydrogen-bond acceptors (Lipinski definition) is 7. The lowest BCUT2D eigenvalue weighted by Crippen LogP contribution is -2.16. The Morgan fingerprint density at radius 1 is 0.605 bits per heavy atom. The summed E-state index contributed by atoms with van der Waals surface area (Å²) in [5, 5.41) is 0. The monoisotopic (exact) mass is 550 g/mol. The predicted molar refractivity (Wildman–Crippen MR) is 150 cm³/mol. The Labute approximate surface area is 221 Å². The molecule has 1 aliphatic rings. The van der Waals surface area contributed by atoms with Crippen LogP contribution in [0.1, 0.15) is 22.3 Å². The van der Waals surface area contributed by atoms with E-state index in [-0.39, 0.29) is 11.5 Å². The summed E-state index contributed by atoms with van der Waals surface area (Å²) in [5.41, 5.74) is 16.2. The topological polar surface area (TPSA) is 154 Å². The molecule has 0 fully saturated rings. The van der Waals surface area contributed by atoms with E-state index in [0.717, 1.165) is 11.1 Å². The summed E-state index contributed by atoms with van der Waals surface area (Å²) in [6, 6.07) is 23.5. The number of hydrogen-bond donors (Lipinski definition) is 4. The molecular weight excluding hydrogens is 524 g/mol. The van der Waals surface area contributed by atoms with Crippen LogP contribution in [0.5, 0.6) is 11.5 Å². The highest BCUT2D eigenvalue weighted by Gasteiger charge is 2.21. The molecule has 4 aromatic carbocycles. The van der Waals surface area contributed by atoms with Gasteiger partial charge in [0.1, 0.15) is 11.5 Å². The second-order valence-electron chi connectivity index (χ2n) is 9.13. The van der Waals surface area contributed by atoms with Gasteiger partial charge in [-0.15, -0.1) is 0 Å². The molecule has 6 N–H and O–H groups in total. The van der Waals surface area contributed by atoms with Gasteiger partial charge in [-0.2, -0.15) is 0 Å². The number of ether oxygens (including phenoxy) is 1. The zero-order chi connectivity index (χ0) is 26.9. The van der Waals surface area contributed by atoms with Crippen LogP contribution in [0, 0.1) is 0 Å². The Morgan fingerprint density at radius 2 is 1.00 bits per heavy atom. The molecule has 9 nitrogen and oxygen atoms in total. The van der Waals surface area contributed by atoms with Crippen LogP contribution in [0.4, 0.5) is 22.7 Å². The van der Waals surface area contributed by atoms with Crippen molar-refractivity contribution in [1.29, 1.82) is 0 Å². The smallest absolute Gasteiger partial charge is 0.236 e. The van der Waals surface area contributed by atoms with Crippen LogP contribution in [0.15, 0.2) is 84.9 Å². The van der Waals surface area contributed by atoms with E-state index in [1.807, 2.05) is 12.1 Å². The van der Waals surface area contributed by atoms with E-state index >= 15 is 0 Å². The van der Waals surface area contributed by atoms with Crippen molar-refractivity contribution < 1.29 is 21.6 Å². The van der Waals surface area contributed by atoms with Gasteiger partial charge in [-0.3, -0.25) is 9.44 Å². The number of benzene rings is 4. The quantitative estimate of drug-likeness (QED) is 0.208. The van der Waals surface area contributed by atoms with E-state index < -0.39 is 20.0 Å². The van der Waals surface area contributed by atoms with Gasteiger partial charge in [-0.25, -0.2) is 16.8 Å². The van der Waals surface area contributed by atoms with E-state index in [1.54, 1.807) is 72.8 Å². The molecule has 1 aliphatic heterocycles. The molecule has 0 atom stereocenters. The summed E-state index contributed by atoms with van der Waals surface area (Å²) in [5.74, 6) is 0.599. The van der Waals surface area contributed by atoms with Crippen molar-refractivity contribution in [2.45, 2.75) is 17.9 Å². The lowest BCUT2D eigenvalue weighted by molar-refractivity contribution is 0.459. The fourth-order valence-electron chi connectivity index (χ4n) is 4.16. The van der Waals surface area contributed by atoms with Crippen molar-refractivity contribution in [2.24, 2.45) is 0 Å². The minimum atomic E-state index is -3.67. The summed E-state index contributed by atoms with van der Waals surface area (Å²) in [6.45, 7) is 0. The van der Waals surface area contributed by atoms with Gasteiger partial charge in [-0.05, 0) is 82.9 Å². The second-order valence-corrected chi connectivity index (χ2v) is 12.6. The van der Waals surface area contributed by atoms with Gasteiger partial charge < -0.3 is 16.2 Å². The fraction of sp³-hybridized carbons (Fsp3) is 0.111. The van der Waals surface area contributed by atoms with Gasteiger partial charge in [-0.1, -0.05) is 24.3 Å². The highest BCUT2D eigenvalue weighted by molar-refractivity contribution is 7.92. The highest BCUT2D eigenvalue weighted by atomic mass is 32.2. The first-order valence-electron chi connectivity index (χ1n) is 11.7. The van der Waals surface area contributed by atoms with Gasteiger partial charge in [0, 0.05) is 29.2 Å². The van der Waals surface area contributed by atoms with Crippen LogP contribution < -0.4 is 25.6 Å². The first-order valence-corrected chi connectivity index (χ1v) is 15.0. The van der Waals surface area contributed by atoms with Crippen molar-refractivity contribution in [3.05, 3.63) is 107 Å². The highest BCUT2D eigenvalue weighted by Crippen LogP contribution is 2.38. The minimum absolute atomic E-state index is 0.240. The van der Waals surface area contributed by atoms with Gasteiger partial charge in [0.25, 0.3) is 0 Å². The third-order valence-electron chi connectivity index (χ3n) is 5.95. The standard InChI is InChI=1S/C27H26N4O5S2/c28-22-5-9-24(10-6-22)30-37(32,33)16-18-1-3-20-15-21-4-2-19(14-27(21)36-26(20)13-18)17-38(34,35)31-25-11-7-23(29)8-12-25/h1-14,30-31H,15-17,28-29H2. The van der Waals surface area contributed by atoms with Crippen LogP contribution in [0.3, 0.4) is 0 Å². The van der Waals surface area contributed by atoms with E-state index in [1.165, 1.54) is 0 Å². The zero-order valence-corrected chi connectivity index (χ0v) is 21.8. The second kappa shape index (κ2) is 9.92. The minimum Gasteiger partial charge on any atom is -0.457 e. The summed E-state index contributed by atoms with van der Waals surface area (Å²) >= 11 is 0. The third-order valence-corrected chi connectivity index (χ3v) is 8.47. The molecule has 38 heavy (non-hydrogen) atoms. The Kier molecular flexibility index (Phi) is 6.64. The molecule has 5 rings (SSSR count). The molecule has 0 radical (unpaired) electrons. The van der Waals surface area contributed by atoms with Crippen LogP contribution in [-0.4, -0.2) is 16.8 Å². The van der Waals surface area contributed by atoms with E-state index in [2.05, 4.69) is 9.44 Å². The van der Waals surface area contributed by atoms with Crippen LogP contribution in [-0.2, 0) is 38.0 Å². The van der Waals surface area contributed by atoms with E-state index in [9.17, 15) is 16.8 Å². The maximum atomic E-state index is 12.7. The average molecular weight is 551 g/mol. The summed E-state index contributed by atoms with van der Waals surface area (Å²) in [7, 11) is -7.34. The fourth-order valence-corrected chi connectivity index (χ4v) is 6.53. The molecule has 0 saturated heterocycles. The van der Waals surface area contributed by atoms with E-state index in [4.69, 9.17) is 16.2 Å². The lowest BCUT2D eigenvalue weighted by Gasteiger charge is -2.22. The van der Waals surface area contributed by atoms with Crippen LogP contribution in [0.2, 0.25) is 0 Å². The SMILES string of the molecule is Nc1ccc(NS(=O)(=O)Cc2ccc3c(c2)Oc2cc(CS(=O)(=O)Nc4ccc(N)cc4)ccc2C3)cc1. The average Bonchev–Trinajstić information content (AvgIpc) is 2.85. The maximum Gasteiger partial charge on any atom is 0.236 e. The Bertz CT molecular complexity index is 1580. The van der Waals surface area contributed by atoms with Crippen molar-refractivity contribution in [2.75, 3.05) is 20.9 Å².